The highest BCUT2D eigenvalue weighted by atomic mass is 16.5. The van der Waals surface area contributed by atoms with Gasteiger partial charge in [-0.05, 0) is 43.2 Å². The second kappa shape index (κ2) is 8.96. The van der Waals surface area contributed by atoms with E-state index in [0.717, 1.165) is 24.1 Å². The predicted molar refractivity (Wildman–Crippen MR) is 99.6 cm³/mol. The van der Waals surface area contributed by atoms with Crippen molar-refractivity contribution < 1.29 is 9.53 Å². The fourth-order valence-corrected chi connectivity index (χ4v) is 2.45. The summed E-state index contributed by atoms with van der Waals surface area (Å²) in [6.07, 6.45) is 4.55. The molecule has 0 fully saturated rings. The molecule has 0 heterocycles. The van der Waals surface area contributed by atoms with E-state index in [-0.39, 0.29) is 5.91 Å². The number of ether oxygens (including phenoxy) is 1. The van der Waals surface area contributed by atoms with Crippen LogP contribution in [-0.2, 0) is 0 Å². The minimum absolute atomic E-state index is 0.187. The zero-order valence-corrected chi connectivity index (χ0v) is 14.5. The molecule has 0 aromatic heterocycles. The van der Waals surface area contributed by atoms with Crippen molar-refractivity contribution in [2.45, 2.75) is 39.5 Å². The van der Waals surface area contributed by atoms with Crippen LogP contribution in [0.15, 0.2) is 42.5 Å². The second-order valence-corrected chi connectivity index (χ2v) is 5.93. The molecule has 128 valence electrons. The van der Waals surface area contributed by atoms with Gasteiger partial charge in [0.2, 0.25) is 0 Å². The van der Waals surface area contributed by atoms with Gasteiger partial charge in [0.1, 0.15) is 5.75 Å². The Bertz CT molecular complexity index is 683. The molecule has 4 heteroatoms. The molecule has 1 amide bonds. The van der Waals surface area contributed by atoms with E-state index in [2.05, 4.69) is 12.2 Å². The van der Waals surface area contributed by atoms with Crippen LogP contribution in [-0.4, -0.2) is 12.5 Å². The van der Waals surface area contributed by atoms with E-state index in [0.29, 0.717) is 23.6 Å². The number of nitrogens with one attached hydrogen (secondary N) is 1. The van der Waals surface area contributed by atoms with Crippen molar-refractivity contribution in [1.29, 1.82) is 0 Å². The Kier molecular flexibility index (Phi) is 6.67. The zero-order chi connectivity index (χ0) is 17.4. The van der Waals surface area contributed by atoms with Crippen LogP contribution in [0.4, 0.5) is 11.4 Å². The van der Waals surface area contributed by atoms with Crippen LogP contribution in [0.25, 0.3) is 0 Å². The lowest BCUT2D eigenvalue weighted by Crippen LogP contribution is -2.15. The van der Waals surface area contributed by atoms with Crippen molar-refractivity contribution in [3.8, 4) is 5.75 Å². The average molecular weight is 326 g/mol. The highest BCUT2D eigenvalue weighted by Gasteiger charge is 2.13. The van der Waals surface area contributed by atoms with Gasteiger partial charge < -0.3 is 15.8 Å². The third kappa shape index (κ3) is 5.01. The molecule has 0 atom stereocenters. The Balaban J connectivity index is 2.05. The molecule has 0 aliphatic carbocycles. The number of carbonyl (C=O) groups is 1. The Labute approximate surface area is 144 Å². The number of anilines is 2. The molecule has 0 aliphatic heterocycles. The number of rotatable bonds is 8. The molecular formula is C20H26N2O2. The van der Waals surface area contributed by atoms with Crippen LogP contribution in [0.1, 0.15) is 48.5 Å². The van der Waals surface area contributed by atoms with Gasteiger partial charge in [0, 0.05) is 11.4 Å². The second-order valence-electron chi connectivity index (χ2n) is 5.93. The molecule has 0 aliphatic rings. The Morgan fingerprint density at radius 1 is 1.12 bits per heavy atom. The van der Waals surface area contributed by atoms with E-state index in [1.807, 2.05) is 37.3 Å². The molecule has 4 nitrogen and oxygen atoms in total. The lowest BCUT2D eigenvalue weighted by atomic mass is 10.1. The van der Waals surface area contributed by atoms with Gasteiger partial charge >= 0.3 is 0 Å². The van der Waals surface area contributed by atoms with Crippen molar-refractivity contribution in [2.24, 2.45) is 0 Å². The number of amides is 1. The van der Waals surface area contributed by atoms with Crippen molar-refractivity contribution >= 4 is 17.3 Å². The molecule has 2 aromatic rings. The third-order valence-electron chi connectivity index (χ3n) is 3.90. The minimum Gasteiger partial charge on any atom is -0.493 e. The molecule has 2 rings (SSSR count). The summed E-state index contributed by atoms with van der Waals surface area (Å²) in [5.74, 6) is 0.431. The van der Waals surface area contributed by atoms with Crippen molar-refractivity contribution in [2.75, 3.05) is 17.7 Å². The fraction of sp³-hybridized carbons (Fsp3) is 0.350. The van der Waals surface area contributed by atoms with E-state index in [1.54, 1.807) is 12.1 Å². The number of hydrogen-bond donors (Lipinski definition) is 2. The van der Waals surface area contributed by atoms with E-state index in [1.165, 1.54) is 12.8 Å². The molecule has 3 N–H and O–H groups in total. The maximum absolute atomic E-state index is 12.6. The Morgan fingerprint density at radius 3 is 2.71 bits per heavy atom. The summed E-state index contributed by atoms with van der Waals surface area (Å²) in [5.41, 5.74) is 8.65. The van der Waals surface area contributed by atoms with Gasteiger partial charge in [-0.15, -0.1) is 0 Å². The smallest absolute Gasteiger partial charge is 0.259 e. The summed E-state index contributed by atoms with van der Waals surface area (Å²) in [4.78, 5) is 12.6. The molecule has 0 saturated heterocycles. The molecule has 0 spiro atoms. The molecule has 0 saturated carbocycles. The largest absolute Gasteiger partial charge is 0.493 e. The fourth-order valence-electron chi connectivity index (χ4n) is 2.45. The number of benzene rings is 2. The molecule has 24 heavy (non-hydrogen) atoms. The van der Waals surface area contributed by atoms with Crippen molar-refractivity contribution in [3.05, 3.63) is 53.6 Å². The monoisotopic (exact) mass is 326 g/mol. The number of aryl methyl sites for hydroxylation is 1. The minimum atomic E-state index is -0.187. The molecular weight excluding hydrogens is 300 g/mol. The quantitative estimate of drug-likeness (QED) is 0.541. The van der Waals surface area contributed by atoms with E-state index >= 15 is 0 Å². The van der Waals surface area contributed by atoms with Gasteiger partial charge in [0.15, 0.2) is 0 Å². The topological polar surface area (TPSA) is 64.3 Å². The lowest BCUT2D eigenvalue weighted by Gasteiger charge is -2.13. The van der Waals surface area contributed by atoms with Crippen LogP contribution < -0.4 is 15.8 Å². The highest BCUT2D eigenvalue weighted by molar-refractivity contribution is 6.06. The maximum atomic E-state index is 12.6. The first kappa shape index (κ1) is 17.9. The summed E-state index contributed by atoms with van der Waals surface area (Å²) in [7, 11) is 0. The van der Waals surface area contributed by atoms with Crippen LogP contribution >= 0.6 is 0 Å². The number of hydrogen-bond acceptors (Lipinski definition) is 3. The summed E-state index contributed by atoms with van der Waals surface area (Å²) >= 11 is 0. The number of para-hydroxylation sites is 1. The number of nitrogens with two attached hydrogens (primary N) is 1. The van der Waals surface area contributed by atoms with Crippen LogP contribution in [0.3, 0.4) is 0 Å². The SMILES string of the molecule is CCCCCCOc1ccccc1C(=O)Nc1cc(N)ccc1C. The summed E-state index contributed by atoms with van der Waals surface area (Å²) in [5, 5.41) is 2.92. The van der Waals surface area contributed by atoms with Gasteiger partial charge in [-0.2, -0.15) is 0 Å². The van der Waals surface area contributed by atoms with Gasteiger partial charge in [-0.3, -0.25) is 4.79 Å². The molecule has 2 aromatic carbocycles. The first-order chi connectivity index (χ1) is 11.6. The summed E-state index contributed by atoms with van der Waals surface area (Å²) < 4.78 is 5.81. The molecule has 0 bridgehead atoms. The van der Waals surface area contributed by atoms with Crippen LogP contribution in [0.2, 0.25) is 0 Å². The standard InChI is InChI=1S/C20H26N2O2/c1-3-4-5-8-13-24-19-10-7-6-9-17(19)20(23)22-18-14-16(21)12-11-15(18)2/h6-7,9-12,14H,3-5,8,13,21H2,1-2H3,(H,22,23). The van der Waals surface area contributed by atoms with Crippen LogP contribution in [0, 0.1) is 6.92 Å². The Morgan fingerprint density at radius 2 is 1.92 bits per heavy atom. The normalized spacial score (nSPS) is 10.4. The van der Waals surface area contributed by atoms with E-state index in [4.69, 9.17) is 10.5 Å². The zero-order valence-electron chi connectivity index (χ0n) is 14.5. The molecule has 0 unspecified atom stereocenters. The summed E-state index contributed by atoms with van der Waals surface area (Å²) in [6.45, 7) is 4.74. The lowest BCUT2D eigenvalue weighted by molar-refractivity contribution is 0.102. The average Bonchev–Trinajstić information content (AvgIpc) is 2.58. The van der Waals surface area contributed by atoms with Gasteiger partial charge in [-0.25, -0.2) is 0 Å². The van der Waals surface area contributed by atoms with Gasteiger partial charge in [0.05, 0.1) is 12.2 Å². The van der Waals surface area contributed by atoms with Gasteiger partial charge in [0.25, 0.3) is 5.91 Å². The number of nitrogen functional groups attached to an aromatic ring is 1. The van der Waals surface area contributed by atoms with Crippen molar-refractivity contribution in [3.63, 3.8) is 0 Å². The number of carbonyl (C=O) groups excluding carboxylic acids is 1. The molecule has 0 radical (unpaired) electrons. The number of unbranched alkanes of at least 4 members (excludes halogenated alkanes) is 3. The van der Waals surface area contributed by atoms with Crippen molar-refractivity contribution in [1.82, 2.24) is 0 Å². The van der Waals surface area contributed by atoms with E-state index < -0.39 is 0 Å². The predicted octanol–water partition coefficient (Wildman–Crippen LogP) is 4.79. The first-order valence-electron chi connectivity index (χ1n) is 8.51. The Hall–Kier alpha value is -2.49. The van der Waals surface area contributed by atoms with Crippen LogP contribution in [0.5, 0.6) is 5.75 Å². The maximum Gasteiger partial charge on any atom is 0.259 e. The van der Waals surface area contributed by atoms with E-state index in [9.17, 15) is 4.79 Å². The first-order valence-corrected chi connectivity index (χ1v) is 8.51. The summed E-state index contributed by atoms with van der Waals surface area (Å²) in [6, 6.07) is 12.8. The van der Waals surface area contributed by atoms with Gasteiger partial charge in [-0.1, -0.05) is 44.4 Å². The highest BCUT2D eigenvalue weighted by Crippen LogP contribution is 2.23. The third-order valence-corrected chi connectivity index (χ3v) is 3.90.